The molecule has 0 aromatic carbocycles. The number of piperidine rings is 3. The molecule has 49 heavy (non-hydrogen) atoms. The molecule has 3 rings (SSSR count). The van der Waals surface area contributed by atoms with Crippen molar-refractivity contribution in [1.29, 1.82) is 0 Å². The average molecular weight is 692 g/mol. The van der Waals surface area contributed by atoms with Crippen molar-refractivity contribution in [1.82, 2.24) is 16.0 Å². The number of ether oxygens (including phenoxy) is 3. The predicted molar refractivity (Wildman–Crippen MR) is 196 cm³/mol. The molecule has 9 nitrogen and oxygen atoms in total. The molecule has 0 bridgehead atoms. The van der Waals surface area contributed by atoms with Crippen LogP contribution in [0.1, 0.15) is 141 Å². The Kier molecular flexibility index (Phi) is 16.4. The van der Waals surface area contributed by atoms with Gasteiger partial charge < -0.3 is 30.2 Å². The molecule has 3 fully saturated rings. The normalized spacial score (nSPS) is 31.8. The molecule has 0 aromatic heterocycles. The van der Waals surface area contributed by atoms with Gasteiger partial charge in [-0.2, -0.15) is 0 Å². The minimum absolute atomic E-state index is 0.135. The highest BCUT2D eigenvalue weighted by Crippen LogP contribution is 2.30. The Labute approximate surface area is 298 Å². The Morgan fingerprint density at radius 1 is 0.469 bits per heavy atom. The van der Waals surface area contributed by atoms with E-state index in [-0.39, 0.29) is 61.3 Å². The number of nitrogens with one attached hydrogen (secondary N) is 3. The first-order valence-electron chi connectivity index (χ1n) is 19.8. The standard InChI is InChI=1S/C40H73N3O6/c1-22(2)32-16-28(17-33(41-32)23(3)4)47-38(44)15-13-14-31(39(45)48-29-18-34(24(5)6)42-35(19-29)25(7)8)40(46)49-30-20-36(26(9)10)43-37(21-30)27(11)12/h22-37,41-43H,13-21H2,1-12H3. The number of carbonyl (C=O) groups is 3. The summed E-state index contributed by atoms with van der Waals surface area (Å²) in [5.41, 5.74) is 0. The van der Waals surface area contributed by atoms with Crippen LogP contribution in [0.5, 0.6) is 0 Å². The summed E-state index contributed by atoms with van der Waals surface area (Å²) >= 11 is 0. The smallest absolute Gasteiger partial charge is 0.320 e. The van der Waals surface area contributed by atoms with Gasteiger partial charge in [-0.1, -0.05) is 83.1 Å². The summed E-state index contributed by atoms with van der Waals surface area (Å²) in [4.78, 5) is 40.9. The predicted octanol–water partition coefficient (Wildman–Crippen LogP) is 6.81. The van der Waals surface area contributed by atoms with Crippen LogP contribution in [-0.2, 0) is 28.6 Å². The van der Waals surface area contributed by atoms with Crippen LogP contribution in [0.4, 0.5) is 0 Å². The van der Waals surface area contributed by atoms with Crippen molar-refractivity contribution in [3.63, 3.8) is 0 Å². The molecule has 0 aromatic rings. The zero-order valence-corrected chi connectivity index (χ0v) is 33.1. The van der Waals surface area contributed by atoms with E-state index in [9.17, 15) is 14.4 Å². The van der Waals surface area contributed by atoms with Crippen molar-refractivity contribution in [2.75, 3.05) is 0 Å². The Bertz CT molecular complexity index is 945. The fraction of sp³-hybridized carbons (Fsp3) is 0.925. The minimum Gasteiger partial charge on any atom is -0.462 e. The van der Waals surface area contributed by atoms with Crippen molar-refractivity contribution in [2.24, 2.45) is 41.4 Å². The van der Waals surface area contributed by atoms with Crippen molar-refractivity contribution in [3.05, 3.63) is 0 Å². The van der Waals surface area contributed by atoms with Crippen molar-refractivity contribution in [3.8, 4) is 0 Å². The molecule has 9 heteroatoms. The van der Waals surface area contributed by atoms with Crippen LogP contribution in [0.3, 0.4) is 0 Å². The summed E-state index contributed by atoms with van der Waals surface area (Å²) in [6.45, 7) is 26.3. The Hall–Kier alpha value is -1.71. The first-order chi connectivity index (χ1) is 22.9. The Morgan fingerprint density at radius 3 is 1.00 bits per heavy atom. The third-order valence-electron chi connectivity index (χ3n) is 11.5. The quantitative estimate of drug-likeness (QED) is 0.0969. The number of hydrogen-bond donors (Lipinski definition) is 3. The van der Waals surface area contributed by atoms with Gasteiger partial charge in [0.2, 0.25) is 0 Å². The molecule has 3 aliphatic heterocycles. The van der Waals surface area contributed by atoms with Gasteiger partial charge in [-0.3, -0.25) is 14.4 Å². The second-order valence-corrected chi connectivity index (χ2v) is 17.7. The summed E-state index contributed by atoms with van der Waals surface area (Å²) in [5, 5.41) is 11.2. The summed E-state index contributed by atoms with van der Waals surface area (Å²) in [5.74, 6) is 0.0638. The van der Waals surface area contributed by atoms with Crippen LogP contribution in [-0.4, -0.2) is 72.5 Å². The number of rotatable bonds is 15. The van der Waals surface area contributed by atoms with Gasteiger partial charge >= 0.3 is 17.9 Å². The zero-order chi connectivity index (χ0) is 36.6. The first kappa shape index (κ1) is 41.7. The molecule has 6 unspecified atom stereocenters. The molecule has 3 saturated heterocycles. The fourth-order valence-corrected chi connectivity index (χ4v) is 7.82. The molecule has 3 aliphatic rings. The third-order valence-corrected chi connectivity index (χ3v) is 11.5. The summed E-state index contributed by atoms with van der Waals surface area (Å²) < 4.78 is 18.4. The molecule has 0 spiro atoms. The van der Waals surface area contributed by atoms with Gasteiger partial charge in [0.05, 0.1) is 0 Å². The maximum atomic E-state index is 13.9. The number of hydrogen-bond acceptors (Lipinski definition) is 9. The van der Waals surface area contributed by atoms with Crippen LogP contribution < -0.4 is 16.0 Å². The van der Waals surface area contributed by atoms with E-state index in [0.29, 0.717) is 79.7 Å². The van der Waals surface area contributed by atoms with Gasteiger partial charge in [0, 0.05) is 81.2 Å². The molecule has 0 radical (unpaired) electrons. The molecule has 3 N–H and O–H groups in total. The lowest BCUT2D eigenvalue weighted by Gasteiger charge is -2.40. The second kappa shape index (κ2) is 19.2. The van der Waals surface area contributed by atoms with Gasteiger partial charge in [-0.15, -0.1) is 0 Å². The van der Waals surface area contributed by atoms with E-state index < -0.39 is 17.9 Å². The van der Waals surface area contributed by atoms with Crippen LogP contribution in [0.25, 0.3) is 0 Å². The van der Waals surface area contributed by atoms with Crippen molar-refractivity contribution < 1.29 is 28.6 Å². The summed E-state index contributed by atoms with van der Waals surface area (Å²) in [7, 11) is 0. The number of carbonyl (C=O) groups excluding carboxylic acids is 3. The summed E-state index contributed by atoms with van der Waals surface area (Å²) in [6.07, 6.45) is 4.47. The molecular weight excluding hydrogens is 618 g/mol. The highest BCUT2D eigenvalue weighted by Gasteiger charge is 2.40. The summed E-state index contributed by atoms with van der Waals surface area (Å²) in [6, 6.07) is 1.53. The lowest BCUT2D eigenvalue weighted by molar-refractivity contribution is -0.172. The SMILES string of the molecule is CC(C)C1CC(OC(=O)CCCC(C(=O)OC2CC(C(C)C)NC(C(C)C)C2)C(=O)OC2CC(C(C)C)NC(C(C)C)C2)CC(C(C)C)N1. The maximum absolute atomic E-state index is 13.9. The van der Waals surface area contributed by atoms with E-state index in [1.54, 1.807) is 0 Å². The topological polar surface area (TPSA) is 115 Å². The van der Waals surface area contributed by atoms with Crippen LogP contribution in [0, 0.1) is 41.4 Å². The lowest BCUT2D eigenvalue weighted by Crippen LogP contribution is -2.53. The van der Waals surface area contributed by atoms with E-state index in [0.717, 1.165) is 12.8 Å². The highest BCUT2D eigenvalue weighted by atomic mass is 16.6. The first-order valence-corrected chi connectivity index (χ1v) is 19.8. The molecular formula is C40H73N3O6. The maximum Gasteiger partial charge on any atom is 0.320 e. The second-order valence-electron chi connectivity index (χ2n) is 17.7. The van der Waals surface area contributed by atoms with Crippen LogP contribution in [0.2, 0.25) is 0 Å². The van der Waals surface area contributed by atoms with Crippen LogP contribution >= 0.6 is 0 Å². The lowest BCUT2D eigenvalue weighted by atomic mass is 9.85. The molecule has 0 aliphatic carbocycles. The molecule has 3 heterocycles. The van der Waals surface area contributed by atoms with Gasteiger partial charge in [0.25, 0.3) is 0 Å². The van der Waals surface area contributed by atoms with E-state index >= 15 is 0 Å². The van der Waals surface area contributed by atoms with Gasteiger partial charge in [-0.05, 0) is 48.3 Å². The van der Waals surface area contributed by atoms with Gasteiger partial charge in [0.15, 0.2) is 5.92 Å². The highest BCUT2D eigenvalue weighted by molar-refractivity contribution is 5.95. The number of esters is 3. The average Bonchev–Trinajstić information content (AvgIpc) is 3.02. The van der Waals surface area contributed by atoms with Gasteiger partial charge in [0.1, 0.15) is 18.3 Å². The van der Waals surface area contributed by atoms with E-state index in [2.05, 4.69) is 99.0 Å². The van der Waals surface area contributed by atoms with Crippen molar-refractivity contribution in [2.45, 2.75) is 195 Å². The third kappa shape index (κ3) is 12.8. The Balaban J connectivity index is 1.70. The monoisotopic (exact) mass is 692 g/mol. The zero-order valence-electron chi connectivity index (χ0n) is 33.1. The molecule has 0 saturated carbocycles. The van der Waals surface area contributed by atoms with Gasteiger partial charge in [-0.25, -0.2) is 0 Å². The molecule has 0 amide bonds. The Morgan fingerprint density at radius 2 is 0.735 bits per heavy atom. The van der Waals surface area contributed by atoms with Crippen molar-refractivity contribution >= 4 is 17.9 Å². The van der Waals surface area contributed by atoms with Crippen LogP contribution in [0.15, 0.2) is 0 Å². The van der Waals surface area contributed by atoms with E-state index in [1.807, 2.05) is 0 Å². The van der Waals surface area contributed by atoms with E-state index in [1.165, 1.54) is 0 Å². The molecule has 6 atom stereocenters. The fourth-order valence-electron chi connectivity index (χ4n) is 7.82. The largest absolute Gasteiger partial charge is 0.462 e. The molecule has 284 valence electrons. The van der Waals surface area contributed by atoms with E-state index in [4.69, 9.17) is 14.2 Å². The minimum atomic E-state index is -1.07.